The van der Waals surface area contributed by atoms with E-state index in [1.165, 1.54) is 12.1 Å². The molecule has 122 valence electrons. The molecular formula is C15H16FN3O3S. The summed E-state index contributed by atoms with van der Waals surface area (Å²) >= 11 is 1.12. The number of thioether (sulfide) groups is 1. The molecule has 1 aromatic heterocycles. The first kappa shape index (κ1) is 15.9. The number of aliphatic carboxylic acids is 1. The SMILES string of the molecule is O=C(O)CSc1nnc(-c2ccc(F)cc2)n1CC1CCCO1. The molecule has 1 fully saturated rings. The zero-order valence-electron chi connectivity index (χ0n) is 12.3. The van der Waals surface area contributed by atoms with E-state index >= 15 is 0 Å². The van der Waals surface area contributed by atoms with Crippen LogP contribution in [0.1, 0.15) is 12.8 Å². The predicted molar refractivity (Wildman–Crippen MR) is 82.7 cm³/mol. The zero-order chi connectivity index (χ0) is 16.2. The minimum Gasteiger partial charge on any atom is -0.481 e. The number of nitrogens with zero attached hydrogens (tertiary/aromatic N) is 3. The largest absolute Gasteiger partial charge is 0.481 e. The average molecular weight is 337 g/mol. The number of hydrogen-bond acceptors (Lipinski definition) is 5. The highest BCUT2D eigenvalue weighted by Crippen LogP contribution is 2.26. The van der Waals surface area contributed by atoms with Gasteiger partial charge < -0.3 is 9.84 Å². The highest BCUT2D eigenvalue weighted by Gasteiger charge is 2.22. The number of benzene rings is 1. The van der Waals surface area contributed by atoms with Crippen LogP contribution in [-0.4, -0.2) is 44.3 Å². The molecule has 1 unspecified atom stereocenters. The van der Waals surface area contributed by atoms with Crippen molar-refractivity contribution in [3.8, 4) is 11.4 Å². The van der Waals surface area contributed by atoms with E-state index < -0.39 is 5.97 Å². The number of hydrogen-bond donors (Lipinski definition) is 1. The van der Waals surface area contributed by atoms with Crippen molar-refractivity contribution in [3.05, 3.63) is 30.1 Å². The summed E-state index contributed by atoms with van der Waals surface area (Å²) in [4.78, 5) is 10.8. The van der Waals surface area contributed by atoms with E-state index in [0.717, 1.165) is 36.8 Å². The molecule has 0 aliphatic carbocycles. The van der Waals surface area contributed by atoms with Gasteiger partial charge in [-0.1, -0.05) is 11.8 Å². The third-order valence-electron chi connectivity index (χ3n) is 3.55. The van der Waals surface area contributed by atoms with Crippen molar-refractivity contribution in [2.75, 3.05) is 12.4 Å². The third-order valence-corrected chi connectivity index (χ3v) is 4.51. The Morgan fingerprint density at radius 3 is 2.83 bits per heavy atom. The Labute approximate surface area is 136 Å². The van der Waals surface area contributed by atoms with Gasteiger partial charge in [-0.2, -0.15) is 0 Å². The molecule has 1 aromatic carbocycles. The number of carbonyl (C=O) groups is 1. The maximum Gasteiger partial charge on any atom is 0.313 e. The van der Waals surface area contributed by atoms with E-state index in [1.54, 1.807) is 12.1 Å². The fraction of sp³-hybridized carbons (Fsp3) is 0.400. The van der Waals surface area contributed by atoms with Crippen LogP contribution < -0.4 is 0 Å². The quantitative estimate of drug-likeness (QED) is 0.816. The molecule has 6 nitrogen and oxygen atoms in total. The van der Waals surface area contributed by atoms with Crippen molar-refractivity contribution >= 4 is 17.7 Å². The maximum atomic E-state index is 13.1. The Balaban J connectivity index is 1.90. The van der Waals surface area contributed by atoms with Gasteiger partial charge in [0.25, 0.3) is 0 Å². The van der Waals surface area contributed by atoms with Gasteiger partial charge in [-0.15, -0.1) is 10.2 Å². The zero-order valence-corrected chi connectivity index (χ0v) is 13.1. The molecule has 1 saturated heterocycles. The molecule has 0 spiro atoms. The first-order valence-corrected chi connectivity index (χ1v) is 8.27. The number of carboxylic acid groups (broad SMARTS) is 1. The molecule has 2 aromatic rings. The van der Waals surface area contributed by atoms with Gasteiger partial charge in [0.1, 0.15) is 5.82 Å². The monoisotopic (exact) mass is 337 g/mol. The van der Waals surface area contributed by atoms with E-state index in [-0.39, 0.29) is 17.7 Å². The van der Waals surface area contributed by atoms with Gasteiger partial charge in [0.05, 0.1) is 18.4 Å². The summed E-state index contributed by atoms with van der Waals surface area (Å²) in [5, 5.41) is 17.6. The van der Waals surface area contributed by atoms with E-state index in [1.807, 2.05) is 4.57 Å². The van der Waals surface area contributed by atoms with Crippen LogP contribution in [0.3, 0.4) is 0 Å². The van der Waals surface area contributed by atoms with Crippen LogP contribution in [0.4, 0.5) is 4.39 Å². The highest BCUT2D eigenvalue weighted by atomic mass is 32.2. The first-order valence-electron chi connectivity index (χ1n) is 7.29. The Morgan fingerprint density at radius 1 is 1.39 bits per heavy atom. The van der Waals surface area contributed by atoms with Crippen LogP contribution in [0.15, 0.2) is 29.4 Å². The highest BCUT2D eigenvalue weighted by molar-refractivity contribution is 7.99. The van der Waals surface area contributed by atoms with Crippen molar-refractivity contribution in [3.63, 3.8) is 0 Å². The van der Waals surface area contributed by atoms with Crippen molar-refractivity contribution in [1.29, 1.82) is 0 Å². The Bertz CT molecular complexity index is 684. The molecule has 1 aliphatic rings. The summed E-state index contributed by atoms with van der Waals surface area (Å²) in [6.07, 6.45) is 2.02. The number of aromatic nitrogens is 3. The van der Waals surface area contributed by atoms with Crippen LogP contribution in [0.25, 0.3) is 11.4 Å². The van der Waals surface area contributed by atoms with Gasteiger partial charge in [-0.05, 0) is 37.1 Å². The molecule has 23 heavy (non-hydrogen) atoms. The smallest absolute Gasteiger partial charge is 0.313 e. The lowest BCUT2D eigenvalue weighted by Gasteiger charge is -2.14. The van der Waals surface area contributed by atoms with Crippen LogP contribution in [0.2, 0.25) is 0 Å². The molecule has 0 bridgehead atoms. The van der Waals surface area contributed by atoms with Crippen LogP contribution in [0, 0.1) is 5.82 Å². The topological polar surface area (TPSA) is 77.2 Å². The van der Waals surface area contributed by atoms with Crippen molar-refractivity contribution in [1.82, 2.24) is 14.8 Å². The third kappa shape index (κ3) is 3.89. The predicted octanol–water partition coefficient (Wildman–Crippen LogP) is 2.44. The average Bonchev–Trinajstić information content (AvgIpc) is 3.17. The second-order valence-corrected chi connectivity index (χ2v) is 6.18. The Kier molecular flexibility index (Phi) is 4.92. The second kappa shape index (κ2) is 7.10. The van der Waals surface area contributed by atoms with Gasteiger partial charge in [-0.25, -0.2) is 4.39 Å². The lowest BCUT2D eigenvalue weighted by atomic mass is 10.2. The fourth-order valence-electron chi connectivity index (χ4n) is 2.49. The molecule has 0 saturated carbocycles. The fourth-order valence-corrected chi connectivity index (χ4v) is 3.16. The standard InChI is InChI=1S/C15H16FN3O3S/c16-11-5-3-10(4-6-11)14-17-18-15(23-9-13(20)21)19(14)8-12-2-1-7-22-12/h3-6,12H,1-2,7-9H2,(H,20,21). The van der Waals surface area contributed by atoms with Crippen molar-refractivity contribution < 1.29 is 19.0 Å². The summed E-state index contributed by atoms with van der Waals surface area (Å²) in [7, 11) is 0. The minimum absolute atomic E-state index is 0.0642. The summed E-state index contributed by atoms with van der Waals surface area (Å²) in [5.74, 6) is -0.731. The Hall–Kier alpha value is -1.93. The van der Waals surface area contributed by atoms with E-state index in [2.05, 4.69) is 10.2 Å². The molecule has 2 heterocycles. The molecule has 1 N–H and O–H groups in total. The number of carboxylic acids is 1. The number of rotatable bonds is 6. The number of ether oxygens (including phenoxy) is 1. The summed E-state index contributed by atoms with van der Waals surface area (Å²) in [6.45, 7) is 1.29. The van der Waals surface area contributed by atoms with Crippen LogP contribution in [-0.2, 0) is 16.1 Å². The van der Waals surface area contributed by atoms with Gasteiger partial charge in [0, 0.05) is 12.2 Å². The number of halogens is 1. The van der Waals surface area contributed by atoms with Crippen LogP contribution >= 0.6 is 11.8 Å². The summed E-state index contributed by atoms with van der Waals surface area (Å²) in [5.41, 5.74) is 0.735. The Morgan fingerprint density at radius 2 is 2.17 bits per heavy atom. The van der Waals surface area contributed by atoms with Gasteiger partial charge in [-0.3, -0.25) is 9.36 Å². The van der Waals surface area contributed by atoms with E-state index in [4.69, 9.17) is 9.84 Å². The van der Waals surface area contributed by atoms with E-state index in [0.29, 0.717) is 17.5 Å². The lowest BCUT2D eigenvalue weighted by molar-refractivity contribution is -0.133. The summed E-state index contributed by atoms with van der Waals surface area (Å²) < 4.78 is 20.6. The van der Waals surface area contributed by atoms with Gasteiger partial charge in [0.15, 0.2) is 11.0 Å². The molecule has 3 rings (SSSR count). The normalized spacial score (nSPS) is 17.5. The maximum absolute atomic E-state index is 13.1. The first-order chi connectivity index (χ1) is 11.1. The molecule has 1 aliphatic heterocycles. The van der Waals surface area contributed by atoms with Gasteiger partial charge in [0.2, 0.25) is 0 Å². The molecule has 0 amide bonds. The minimum atomic E-state index is -0.912. The molecule has 8 heteroatoms. The molecule has 0 radical (unpaired) electrons. The molecule has 1 atom stereocenters. The second-order valence-electron chi connectivity index (χ2n) is 5.24. The lowest BCUT2D eigenvalue weighted by Crippen LogP contribution is -2.17. The van der Waals surface area contributed by atoms with Gasteiger partial charge >= 0.3 is 5.97 Å². The molecular weight excluding hydrogens is 321 g/mol. The van der Waals surface area contributed by atoms with Crippen molar-refractivity contribution in [2.24, 2.45) is 0 Å². The van der Waals surface area contributed by atoms with E-state index in [9.17, 15) is 9.18 Å². The van der Waals surface area contributed by atoms with Crippen molar-refractivity contribution in [2.45, 2.75) is 30.6 Å². The summed E-state index contributed by atoms with van der Waals surface area (Å²) in [6, 6.07) is 6.00. The van der Waals surface area contributed by atoms with Crippen LogP contribution in [0.5, 0.6) is 0 Å².